The second-order valence-electron chi connectivity index (χ2n) is 10.7. The van der Waals surface area contributed by atoms with Gasteiger partial charge >= 0.3 is 0 Å². The van der Waals surface area contributed by atoms with Gasteiger partial charge in [0.05, 0.1) is 11.1 Å². The van der Waals surface area contributed by atoms with E-state index in [0.717, 1.165) is 4.90 Å². The lowest BCUT2D eigenvalue weighted by Gasteiger charge is -2.30. The Kier molecular flexibility index (Phi) is 9.42. The highest BCUT2D eigenvalue weighted by Crippen LogP contribution is 2.50. The Morgan fingerprint density at radius 1 is 1.06 bits per heavy atom. The molecular formula is C25H38N3O6P. The van der Waals surface area contributed by atoms with E-state index in [1.807, 2.05) is 34.6 Å². The van der Waals surface area contributed by atoms with E-state index in [1.165, 1.54) is 14.2 Å². The third-order valence-electron chi connectivity index (χ3n) is 5.88. The molecule has 1 aromatic rings. The third kappa shape index (κ3) is 7.48. The van der Waals surface area contributed by atoms with Crippen LogP contribution in [0, 0.1) is 17.3 Å². The maximum absolute atomic E-state index is 13.8. The largest absolute Gasteiger partial charge is 0.357 e. The van der Waals surface area contributed by atoms with Crippen molar-refractivity contribution in [2.75, 3.05) is 26.6 Å². The van der Waals surface area contributed by atoms with Crippen LogP contribution < -0.4 is 10.6 Å². The highest BCUT2D eigenvalue weighted by molar-refractivity contribution is 7.59. The van der Waals surface area contributed by atoms with E-state index < -0.39 is 43.3 Å². The van der Waals surface area contributed by atoms with Gasteiger partial charge in [0.25, 0.3) is 11.8 Å². The number of benzene rings is 1. The summed E-state index contributed by atoms with van der Waals surface area (Å²) >= 11 is 0. The van der Waals surface area contributed by atoms with Crippen molar-refractivity contribution in [1.29, 1.82) is 0 Å². The molecule has 1 aromatic carbocycles. The summed E-state index contributed by atoms with van der Waals surface area (Å²) in [5.74, 6) is -2.36. The Labute approximate surface area is 207 Å². The minimum Gasteiger partial charge on any atom is -0.357 e. The number of hydrogen-bond donors (Lipinski definition) is 2. The molecule has 35 heavy (non-hydrogen) atoms. The molecule has 1 aliphatic rings. The molecule has 2 N–H and O–H groups in total. The number of carbonyl (C=O) groups is 4. The Morgan fingerprint density at radius 3 is 2.03 bits per heavy atom. The SMILES string of the molecule is CNC(=O)[C@H](CC(C)C)NC(=O)[C@H](CC(C)(C)C)CP(=O)(CN1C(=O)c2ccccc2C1=O)OC. The molecule has 10 heteroatoms. The predicted octanol–water partition coefficient (Wildman–Crippen LogP) is 3.49. The van der Waals surface area contributed by atoms with Crippen molar-refractivity contribution >= 4 is 31.0 Å². The topological polar surface area (TPSA) is 122 Å². The molecule has 4 amide bonds. The molecule has 0 aliphatic carbocycles. The van der Waals surface area contributed by atoms with E-state index in [9.17, 15) is 23.7 Å². The van der Waals surface area contributed by atoms with E-state index in [2.05, 4.69) is 10.6 Å². The molecule has 0 fully saturated rings. The van der Waals surface area contributed by atoms with Crippen LogP contribution in [-0.4, -0.2) is 61.2 Å². The van der Waals surface area contributed by atoms with Crippen molar-refractivity contribution in [3.8, 4) is 0 Å². The summed E-state index contributed by atoms with van der Waals surface area (Å²) in [6.45, 7) is 9.78. The highest BCUT2D eigenvalue weighted by Gasteiger charge is 2.42. The fraction of sp³-hybridized carbons (Fsp3) is 0.600. The van der Waals surface area contributed by atoms with E-state index in [0.29, 0.717) is 12.8 Å². The standard InChI is InChI=1S/C25H38N3O6P/c1-16(2)12-20(22(30)26-6)27-21(29)17(13-25(3,4)5)14-35(33,34-7)15-28-23(31)18-10-8-9-11-19(18)24(28)32/h8-11,16-17,20H,12-15H2,1-7H3,(H,26,30)(H,27,29)/t17-,20+,35?/m1/s1. The highest BCUT2D eigenvalue weighted by atomic mass is 31.2. The molecule has 194 valence electrons. The summed E-state index contributed by atoms with van der Waals surface area (Å²) in [5.41, 5.74) is 0.217. The fourth-order valence-electron chi connectivity index (χ4n) is 4.25. The van der Waals surface area contributed by atoms with E-state index in [-0.39, 0.29) is 34.5 Å². The van der Waals surface area contributed by atoms with Gasteiger partial charge in [-0.2, -0.15) is 0 Å². The van der Waals surface area contributed by atoms with Crippen LogP contribution in [0.5, 0.6) is 0 Å². The second kappa shape index (κ2) is 11.5. The van der Waals surface area contributed by atoms with Gasteiger partial charge in [-0.25, -0.2) is 0 Å². The van der Waals surface area contributed by atoms with Crippen molar-refractivity contribution in [3.05, 3.63) is 35.4 Å². The second-order valence-corrected chi connectivity index (χ2v) is 13.3. The van der Waals surface area contributed by atoms with Crippen molar-refractivity contribution in [2.45, 2.75) is 53.5 Å². The molecule has 0 saturated heterocycles. The first-order chi connectivity index (χ1) is 16.2. The Hall–Kier alpha value is -2.51. The zero-order valence-corrected chi connectivity index (χ0v) is 22.6. The minimum absolute atomic E-state index is 0.164. The number of amides is 4. The molecule has 1 heterocycles. The molecule has 2 rings (SSSR count). The minimum atomic E-state index is -3.63. The molecular weight excluding hydrogens is 469 g/mol. The molecule has 0 saturated carbocycles. The zero-order valence-electron chi connectivity index (χ0n) is 21.7. The average molecular weight is 508 g/mol. The summed E-state index contributed by atoms with van der Waals surface area (Å²) in [7, 11) is -0.857. The lowest BCUT2D eigenvalue weighted by molar-refractivity contribution is -0.131. The Balaban J connectivity index is 2.28. The maximum atomic E-state index is 13.8. The Morgan fingerprint density at radius 2 is 1.60 bits per heavy atom. The fourth-order valence-corrected chi connectivity index (χ4v) is 6.29. The van der Waals surface area contributed by atoms with Gasteiger partial charge in [0.15, 0.2) is 0 Å². The van der Waals surface area contributed by atoms with Crippen LogP contribution in [-0.2, 0) is 18.7 Å². The van der Waals surface area contributed by atoms with Crippen LogP contribution in [0.4, 0.5) is 0 Å². The van der Waals surface area contributed by atoms with E-state index in [1.54, 1.807) is 24.3 Å². The zero-order chi connectivity index (χ0) is 26.6. The number of nitrogens with zero attached hydrogens (tertiary/aromatic N) is 1. The summed E-state index contributed by atoms with van der Waals surface area (Å²) in [6.07, 6.45) is 0.234. The summed E-state index contributed by atoms with van der Waals surface area (Å²) in [4.78, 5) is 52.3. The van der Waals surface area contributed by atoms with Crippen LogP contribution in [0.15, 0.2) is 24.3 Å². The van der Waals surface area contributed by atoms with Crippen molar-refractivity contribution in [3.63, 3.8) is 0 Å². The number of rotatable bonds is 11. The van der Waals surface area contributed by atoms with Gasteiger partial charge in [-0.15, -0.1) is 0 Å². The molecule has 1 aliphatic heterocycles. The molecule has 0 spiro atoms. The first kappa shape index (κ1) is 28.7. The monoisotopic (exact) mass is 507 g/mol. The molecule has 3 atom stereocenters. The lowest BCUT2D eigenvalue weighted by atomic mass is 9.85. The normalized spacial score (nSPS) is 17.1. The first-order valence-electron chi connectivity index (χ1n) is 11.8. The van der Waals surface area contributed by atoms with Gasteiger partial charge < -0.3 is 15.2 Å². The number of nitrogens with one attached hydrogen (secondary N) is 2. The van der Waals surface area contributed by atoms with Gasteiger partial charge in [-0.05, 0) is 36.3 Å². The van der Waals surface area contributed by atoms with Gasteiger partial charge in [0.2, 0.25) is 19.2 Å². The lowest BCUT2D eigenvalue weighted by Crippen LogP contribution is -2.49. The van der Waals surface area contributed by atoms with Crippen molar-refractivity contribution < 1.29 is 28.3 Å². The van der Waals surface area contributed by atoms with E-state index >= 15 is 0 Å². The van der Waals surface area contributed by atoms with Crippen molar-refractivity contribution in [1.82, 2.24) is 15.5 Å². The number of hydrogen-bond acceptors (Lipinski definition) is 6. The van der Waals surface area contributed by atoms with Crippen LogP contribution >= 0.6 is 7.37 Å². The molecule has 9 nitrogen and oxygen atoms in total. The molecule has 0 radical (unpaired) electrons. The Bertz CT molecular complexity index is 982. The predicted molar refractivity (Wildman–Crippen MR) is 134 cm³/mol. The average Bonchev–Trinajstić information content (AvgIpc) is 3.01. The molecule has 1 unspecified atom stereocenters. The maximum Gasteiger partial charge on any atom is 0.262 e. The third-order valence-corrected chi connectivity index (χ3v) is 8.26. The summed E-state index contributed by atoms with van der Waals surface area (Å²) in [5, 5.41) is 5.39. The van der Waals surface area contributed by atoms with Crippen molar-refractivity contribution in [2.24, 2.45) is 17.3 Å². The molecule has 0 aromatic heterocycles. The number of carbonyl (C=O) groups excluding carboxylic acids is 4. The first-order valence-corrected chi connectivity index (χ1v) is 13.8. The number of fused-ring (bicyclic) bond motifs is 1. The van der Waals surface area contributed by atoms with Crippen LogP contribution in [0.1, 0.15) is 68.2 Å². The number of imide groups is 1. The quantitative estimate of drug-likeness (QED) is 0.349. The smallest absolute Gasteiger partial charge is 0.262 e. The van der Waals surface area contributed by atoms with Gasteiger partial charge in [0, 0.05) is 26.2 Å². The number of likely N-dealkylation sites (N-methyl/N-ethyl adjacent to an activating group) is 1. The van der Waals surface area contributed by atoms with E-state index in [4.69, 9.17) is 4.52 Å². The molecule has 0 bridgehead atoms. The van der Waals surface area contributed by atoms with Crippen LogP contribution in [0.2, 0.25) is 0 Å². The summed E-state index contributed by atoms with van der Waals surface area (Å²) < 4.78 is 19.2. The van der Waals surface area contributed by atoms with Crippen LogP contribution in [0.3, 0.4) is 0 Å². The van der Waals surface area contributed by atoms with Gasteiger partial charge in [0.1, 0.15) is 12.3 Å². The summed E-state index contributed by atoms with van der Waals surface area (Å²) in [6, 6.07) is 5.70. The van der Waals surface area contributed by atoms with Gasteiger partial charge in [-0.1, -0.05) is 46.8 Å². The van der Waals surface area contributed by atoms with Gasteiger partial charge in [-0.3, -0.25) is 28.6 Å². The van der Waals surface area contributed by atoms with Crippen LogP contribution in [0.25, 0.3) is 0 Å².